The first-order valence-corrected chi connectivity index (χ1v) is 6.76. The van der Waals surface area contributed by atoms with Crippen LogP contribution in [0.3, 0.4) is 0 Å². The minimum absolute atomic E-state index is 0.656. The zero-order valence-corrected chi connectivity index (χ0v) is 12.2. The zero-order chi connectivity index (χ0) is 13.8. The van der Waals surface area contributed by atoms with E-state index in [4.69, 9.17) is 0 Å². The van der Waals surface area contributed by atoms with Gasteiger partial charge in [-0.15, -0.1) is 0 Å². The predicted octanol–water partition coefficient (Wildman–Crippen LogP) is 1.72. The van der Waals surface area contributed by atoms with E-state index in [2.05, 4.69) is 39.9 Å². The van der Waals surface area contributed by atoms with Gasteiger partial charge in [-0.05, 0) is 25.5 Å². The van der Waals surface area contributed by atoms with Crippen LogP contribution in [-0.2, 0) is 20.1 Å². The Morgan fingerprint density at radius 3 is 2.79 bits per heavy atom. The van der Waals surface area contributed by atoms with Crippen molar-refractivity contribution in [3.8, 4) is 0 Å². The van der Waals surface area contributed by atoms with Crippen LogP contribution in [0.2, 0.25) is 0 Å². The number of hydrogen-bond acceptors (Lipinski definition) is 3. The van der Waals surface area contributed by atoms with Gasteiger partial charge in [0, 0.05) is 19.4 Å². The van der Waals surface area contributed by atoms with Crippen LogP contribution in [0.5, 0.6) is 0 Å². The smallest absolute Gasteiger partial charge is 0.123 e. The van der Waals surface area contributed by atoms with Gasteiger partial charge in [-0.2, -0.15) is 5.10 Å². The Hall–Kier alpha value is -1.62. The summed E-state index contributed by atoms with van der Waals surface area (Å²) in [5, 5.41) is 7.80. The van der Waals surface area contributed by atoms with Gasteiger partial charge in [0.1, 0.15) is 5.82 Å². The lowest BCUT2D eigenvalue weighted by atomic mass is 10.2. The molecule has 0 radical (unpaired) electrons. The number of rotatable bonds is 6. The molecule has 0 spiro atoms. The summed E-state index contributed by atoms with van der Waals surface area (Å²) < 4.78 is 4.10. The molecule has 2 aromatic rings. The summed E-state index contributed by atoms with van der Waals surface area (Å²) in [6.07, 6.45) is 3.88. The first-order chi connectivity index (χ1) is 9.06. The summed E-state index contributed by atoms with van der Waals surface area (Å²) in [6, 6.07) is 2.12. The van der Waals surface area contributed by atoms with Crippen molar-refractivity contribution in [1.29, 1.82) is 0 Å². The molecule has 0 amide bonds. The maximum atomic E-state index is 4.42. The van der Waals surface area contributed by atoms with Crippen LogP contribution in [0.25, 0.3) is 0 Å². The summed E-state index contributed by atoms with van der Waals surface area (Å²) >= 11 is 0. The molecule has 104 valence electrons. The van der Waals surface area contributed by atoms with Gasteiger partial charge in [0.2, 0.25) is 0 Å². The molecule has 0 aliphatic rings. The molecule has 5 heteroatoms. The summed E-state index contributed by atoms with van der Waals surface area (Å²) in [4.78, 5) is 4.42. The van der Waals surface area contributed by atoms with Gasteiger partial charge in [-0.3, -0.25) is 4.68 Å². The van der Waals surface area contributed by atoms with Crippen molar-refractivity contribution in [3.05, 3.63) is 35.7 Å². The second kappa shape index (κ2) is 6.02. The largest absolute Gasteiger partial charge is 0.328 e. The molecule has 0 fully saturated rings. The van der Waals surface area contributed by atoms with E-state index >= 15 is 0 Å². The van der Waals surface area contributed by atoms with Gasteiger partial charge in [0.25, 0.3) is 0 Å². The van der Waals surface area contributed by atoms with Crippen LogP contribution >= 0.6 is 0 Å². The zero-order valence-electron chi connectivity index (χ0n) is 12.2. The molecular formula is C14H23N5. The third-order valence-corrected chi connectivity index (χ3v) is 3.07. The molecule has 0 bridgehead atoms. The Kier molecular flexibility index (Phi) is 4.37. The highest BCUT2D eigenvalue weighted by Crippen LogP contribution is 2.07. The molecule has 2 heterocycles. The van der Waals surface area contributed by atoms with Crippen LogP contribution in [-0.4, -0.2) is 25.9 Å². The van der Waals surface area contributed by atoms with E-state index in [-0.39, 0.29) is 0 Å². The Bertz CT molecular complexity index is 524. The van der Waals surface area contributed by atoms with Gasteiger partial charge < -0.3 is 9.88 Å². The van der Waals surface area contributed by atoms with Crippen LogP contribution in [0.15, 0.2) is 18.5 Å². The fourth-order valence-electron chi connectivity index (χ4n) is 2.11. The van der Waals surface area contributed by atoms with Crippen LogP contribution in [0, 0.1) is 12.8 Å². The summed E-state index contributed by atoms with van der Waals surface area (Å²) in [5.41, 5.74) is 2.25. The van der Waals surface area contributed by atoms with E-state index in [0.717, 1.165) is 31.2 Å². The average Bonchev–Trinajstić information content (AvgIpc) is 2.87. The molecule has 19 heavy (non-hydrogen) atoms. The minimum atomic E-state index is 0.656. The van der Waals surface area contributed by atoms with E-state index in [1.807, 2.05) is 31.0 Å². The van der Waals surface area contributed by atoms with E-state index in [9.17, 15) is 0 Å². The summed E-state index contributed by atoms with van der Waals surface area (Å²) in [7, 11) is 1.98. The number of hydrogen-bond donors (Lipinski definition) is 1. The Morgan fingerprint density at radius 1 is 1.37 bits per heavy atom. The lowest BCUT2D eigenvalue weighted by Crippen LogP contribution is -2.21. The first-order valence-electron chi connectivity index (χ1n) is 6.76. The Labute approximate surface area is 114 Å². The van der Waals surface area contributed by atoms with Crippen molar-refractivity contribution in [2.75, 3.05) is 6.54 Å². The number of aryl methyl sites for hydroxylation is 2. The van der Waals surface area contributed by atoms with Gasteiger partial charge >= 0.3 is 0 Å². The summed E-state index contributed by atoms with van der Waals surface area (Å²) in [5.74, 6) is 1.72. The van der Waals surface area contributed by atoms with Crippen LogP contribution in [0.4, 0.5) is 0 Å². The van der Waals surface area contributed by atoms with Gasteiger partial charge in [0.15, 0.2) is 0 Å². The molecule has 0 atom stereocenters. The monoisotopic (exact) mass is 261 g/mol. The standard InChI is InChI=1S/C14H23N5/c1-11(2)8-15-9-14-16-5-6-19(14)10-13-7-12(3)17-18(13)4/h5-7,11,15H,8-10H2,1-4H3. The highest BCUT2D eigenvalue weighted by Gasteiger charge is 2.07. The van der Waals surface area contributed by atoms with Crippen LogP contribution in [0.1, 0.15) is 31.1 Å². The SMILES string of the molecule is Cc1cc(Cn2ccnc2CNCC(C)C)n(C)n1. The fourth-order valence-corrected chi connectivity index (χ4v) is 2.11. The van der Waals surface area contributed by atoms with Crippen molar-refractivity contribution in [2.45, 2.75) is 33.9 Å². The van der Waals surface area contributed by atoms with Crippen LogP contribution < -0.4 is 5.32 Å². The second-order valence-corrected chi connectivity index (χ2v) is 5.40. The second-order valence-electron chi connectivity index (χ2n) is 5.40. The third kappa shape index (κ3) is 3.67. The lowest BCUT2D eigenvalue weighted by molar-refractivity contribution is 0.530. The van der Waals surface area contributed by atoms with Crippen molar-refractivity contribution in [3.63, 3.8) is 0 Å². The number of nitrogens with zero attached hydrogens (tertiary/aromatic N) is 4. The van der Waals surface area contributed by atoms with Crippen molar-refractivity contribution in [1.82, 2.24) is 24.6 Å². The topological polar surface area (TPSA) is 47.7 Å². The van der Waals surface area contributed by atoms with Gasteiger partial charge in [-0.1, -0.05) is 13.8 Å². The third-order valence-electron chi connectivity index (χ3n) is 3.07. The molecule has 0 saturated heterocycles. The molecule has 2 aromatic heterocycles. The quantitative estimate of drug-likeness (QED) is 0.861. The molecule has 5 nitrogen and oxygen atoms in total. The Balaban J connectivity index is 2.01. The maximum absolute atomic E-state index is 4.42. The summed E-state index contributed by atoms with van der Waals surface area (Å²) in [6.45, 7) is 9.06. The Morgan fingerprint density at radius 2 is 2.16 bits per heavy atom. The number of nitrogens with one attached hydrogen (secondary N) is 1. The first kappa shape index (κ1) is 13.8. The van der Waals surface area contributed by atoms with Crippen molar-refractivity contribution in [2.24, 2.45) is 13.0 Å². The lowest BCUT2D eigenvalue weighted by Gasteiger charge is -2.10. The van der Waals surface area contributed by atoms with Gasteiger partial charge in [-0.25, -0.2) is 4.98 Å². The molecule has 0 saturated carbocycles. The van der Waals surface area contributed by atoms with Crippen molar-refractivity contribution < 1.29 is 0 Å². The normalized spacial score (nSPS) is 11.4. The average molecular weight is 261 g/mol. The van der Waals surface area contributed by atoms with E-state index in [1.54, 1.807) is 0 Å². The number of imidazole rings is 1. The minimum Gasteiger partial charge on any atom is -0.328 e. The molecule has 1 N–H and O–H groups in total. The molecule has 0 aromatic carbocycles. The van der Waals surface area contributed by atoms with Crippen molar-refractivity contribution >= 4 is 0 Å². The van der Waals surface area contributed by atoms with E-state index < -0.39 is 0 Å². The van der Waals surface area contributed by atoms with E-state index in [1.165, 1.54) is 5.69 Å². The molecular weight excluding hydrogens is 238 g/mol. The fraction of sp³-hybridized carbons (Fsp3) is 0.571. The highest BCUT2D eigenvalue weighted by molar-refractivity contribution is 5.10. The molecule has 2 rings (SSSR count). The van der Waals surface area contributed by atoms with E-state index in [0.29, 0.717) is 5.92 Å². The predicted molar refractivity (Wildman–Crippen MR) is 75.8 cm³/mol. The number of aromatic nitrogens is 4. The molecule has 0 aliphatic carbocycles. The maximum Gasteiger partial charge on any atom is 0.123 e. The molecule has 0 aliphatic heterocycles. The molecule has 0 unspecified atom stereocenters. The van der Waals surface area contributed by atoms with Gasteiger partial charge in [0.05, 0.1) is 24.5 Å². The highest BCUT2D eigenvalue weighted by atomic mass is 15.3.